The van der Waals surface area contributed by atoms with Crippen LogP contribution in [0.1, 0.15) is 39.5 Å². The van der Waals surface area contributed by atoms with Gasteiger partial charge in [0, 0.05) is 39.6 Å². The maximum Gasteiger partial charge on any atom is 0.104 e. The molecular weight excluding hydrogens is 328 g/mol. The lowest BCUT2D eigenvalue weighted by atomic mass is 10.3. The minimum absolute atomic E-state index is 0.112. The van der Waals surface area contributed by atoms with Crippen LogP contribution in [0.25, 0.3) is 0 Å². The summed E-state index contributed by atoms with van der Waals surface area (Å²) in [5, 5.41) is 17.6. The first-order valence-corrected chi connectivity index (χ1v) is 9.46. The first-order chi connectivity index (χ1) is 12.3. The van der Waals surface area contributed by atoms with Gasteiger partial charge in [0.05, 0.1) is 26.4 Å². The standard InChI is InChI=1S/C18H38O7/c1-3-5-11-24-18(14-22-10-6-8-19)16-23-15-17(13-21-4-2)25-12-7-9-20/h17-20H,3-16H2,1-2H3. The summed E-state index contributed by atoms with van der Waals surface area (Å²) in [5.74, 6) is 0. The fourth-order valence-corrected chi connectivity index (χ4v) is 1.96. The summed E-state index contributed by atoms with van der Waals surface area (Å²) in [6.07, 6.45) is 3.02. The summed E-state index contributed by atoms with van der Waals surface area (Å²) in [6, 6.07) is 0. The fraction of sp³-hybridized carbons (Fsp3) is 1.00. The second-order valence-electron chi connectivity index (χ2n) is 5.77. The zero-order valence-corrected chi connectivity index (χ0v) is 16.0. The molecule has 0 aliphatic heterocycles. The second kappa shape index (κ2) is 20.0. The molecule has 0 aliphatic rings. The Labute approximate surface area is 152 Å². The van der Waals surface area contributed by atoms with Crippen molar-refractivity contribution in [3.8, 4) is 0 Å². The number of unbranched alkanes of at least 4 members (excludes halogenated alkanes) is 1. The smallest absolute Gasteiger partial charge is 0.104 e. The Morgan fingerprint density at radius 3 is 1.72 bits per heavy atom. The molecule has 2 atom stereocenters. The molecule has 0 saturated carbocycles. The topological polar surface area (TPSA) is 86.6 Å². The maximum absolute atomic E-state index is 8.84. The molecule has 0 heterocycles. The molecule has 0 spiro atoms. The summed E-state index contributed by atoms with van der Waals surface area (Å²) >= 11 is 0. The largest absolute Gasteiger partial charge is 0.396 e. The highest BCUT2D eigenvalue weighted by atomic mass is 16.6. The number of aliphatic hydroxyl groups excluding tert-OH is 2. The van der Waals surface area contributed by atoms with Gasteiger partial charge in [-0.3, -0.25) is 0 Å². The fourth-order valence-electron chi connectivity index (χ4n) is 1.96. The zero-order chi connectivity index (χ0) is 18.6. The zero-order valence-electron chi connectivity index (χ0n) is 16.0. The Balaban J connectivity index is 4.10. The maximum atomic E-state index is 8.84. The molecule has 0 aromatic carbocycles. The summed E-state index contributed by atoms with van der Waals surface area (Å²) in [6.45, 7) is 8.36. The van der Waals surface area contributed by atoms with E-state index < -0.39 is 0 Å². The second-order valence-corrected chi connectivity index (χ2v) is 5.77. The summed E-state index contributed by atoms with van der Waals surface area (Å²) in [4.78, 5) is 0. The van der Waals surface area contributed by atoms with Gasteiger partial charge in [0.2, 0.25) is 0 Å². The lowest BCUT2D eigenvalue weighted by molar-refractivity contribution is -0.0957. The number of aliphatic hydroxyl groups is 2. The van der Waals surface area contributed by atoms with Gasteiger partial charge in [-0.15, -0.1) is 0 Å². The highest BCUT2D eigenvalue weighted by molar-refractivity contribution is 4.60. The molecule has 0 aromatic rings. The molecule has 0 rings (SSSR count). The molecule has 25 heavy (non-hydrogen) atoms. The first-order valence-electron chi connectivity index (χ1n) is 9.46. The predicted octanol–water partition coefficient (Wildman–Crippen LogP) is 1.39. The van der Waals surface area contributed by atoms with Crippen LogP contribution in [-0.2, 0) is 23.7 Å². The van der Waals surface area contributed by atoms with Crippen LogP contribution in [0.2, 0.25) is 0 Å². The molecule has 152 valence electrons. The molecule has 7 heteroatoms. The van der Waals surface area contributed by atoms with Crippen molar-refractivity contribution in [2.75, 3.05) is 66.1 Å². The Morgan fingerprint density at radius 1 is 0.640 bits per heavy atom. The molecule has 0 bridgehead atoms. The van der Waals surface area contributed by atoms with E-state index in [1.54, 1.807) is 0 Å². The van der Waals surface area contributed by atoms with Crippen LogP contribution in [-0.4, -0.2) is 88.5 Å². The predicted molar refractivity (Wildman–Crippen MR) is 95.9 cm³/mol. The van der Waals surface area contributed by atoms with E-state index in [2.05, 4.69) is 6.92 Å². The average molecular weight is 366 g/mol. The third-order valence-electron chi connectivity index (χ3n) is 3.37. The molecule has 0 fully saturated rings. The average Bonchev–Trinajstić information content (AvgIpc) is 2.62. The van der Waals surface area contributed by atoms with Crippen LogP contribution in [0.5, 0.6) is 0 Å². The number of rotatable bonds is 20. The molecule has 2 N–H and O–H groups in total. The highest BCUT2D eigenvalue weighted by Crippen LogP contribution is 2.02. The third-order valence-corrected chi connectivity index (χ3v) is 3.37. The summed E-state index contributed by atoms with van der Waals surface area (Å²) < 4.78 is 28.2. The minimum Gasteiger partial charge on any atom is -0.396 e. The van der Waals surface area contributed by atoms with Crippen LogP contribution < -0.4 is 0 Å². The Bertz CT molecular complexity index is 254. The van der Waals surface area contributed by atoms with Crippen LogP contribution in [0.3, 0.4) is 0 Å². The van der Waals surface area contributed by atoms with Gasteiger partial charge in [0.25, 0.3) is 0 Å². The van der Waals surface area contributed by atoms with Crippen LogP contribution in [0, 0.1) is 0 Å². The van der Waals surface area contributed by atoms with E-state index in [9.17, 15) is 0 Å². The Morgan fingerprint density at radius 2 is 1.16 bits per heavy atom. The van der Waals surface area contributed by atoms with E-state index >= 15 is 0 Å². The van der Waals surface area contributed by atoms with Gasteiger partial charge in [-0.25, -0.2) is 0 Å². The van der Waals surface area contributed by atoms with Crippen molar-refractivity contribution in [3.05, 3.63) is 0 Å². The van der Waals surface area contributed by atoms with Crippen molar-refractivity contribution in [1.29, 1.82) is 0 Å². The SMILES string of the molecule is CCCCOC(COCCCO)COCC(COCC)OCCCO. The molecule has 2 unspecified atom stereocenters. The summed E-state index contributed by atoms with van der Waals surface area (Å²) in [5.41, 5.74) is 0. The molecule has 0 saturated heterocycles. The van der Waals surface area contributed by atoms with Crippen molar-refractivity contribution in [3.63, 3.8) is 0 Å². The van der Waals surface area contributed by atoms with Crippen LogP contribution >= 0.6 is 0 Å². The molecule has 0 aliphatic carbocycles. The van der Waals surface area contributed by atoms with Crippen molar-refractivity contribution in [2.24, 2.45) is 0 Å². The van der Waals surface area contributed by atoms with Crippen LogP contribution in [0.4, 0.5) is 0 Å². The molecule has 0 amide bonds. The van der Waals surface area contributed by atoms with Crippen molar-refractivity contribution in [1.82, 2.24) is 0 Å². The van der Waals surface area contributed by atoms with Gasteiger partial charge < -0.3 is 33.9 Å². The van der Waals surface area contributed by atoms with E-state index in [0.717, 1.165) is 12.8 Å². The molecule has 7 nitrogen and oxygen atoms in total. The van der Waals surface area contributed by atoms with Gasteiger partial charge in [-0.1, -0.05) is 13.3 Å². The van der Waals surface area contributed by atoms with Crippen LogP contribution in [0.15, 0.2) is 0 Å². The van der Waals surface area contributed by atoms with Gasteiger partial charge in [0.15, 0.2) is 0 Å². The van der Waals surface area contributed by atoms with Gasteiger partial charge in [-0.05, 0) is 26.2 Å². The van der Waals surface area contributed by atoms with Crippen molar-refractivity contribution >= 4 is 0 Å². The molecule has 0 radical (unpaired) electrons. The van der Waals surface area contributed by atoms with Gasteiger partial charge in [0.1, 0.15) is 12.2 Å². The Hall–Kier alpha value is -0.280. The number of ether oxygens (including phenoxy) is 5. The van der Waals surface area contributed by atoms with Crippen molar-refractivity contribution < 1.29 is 33.9 Å². The minimum atomic E-state index is -0.155. The van der Waals surface area contributed by atoms with E-state index in [4.69, 9.17) is 33.9 Å². The normalized spacial score (nSPS) is 13.9. The van der Waals surface area contributed by atoms with E-state index in [1.807, 2.05) is 6.92 Å². The monoisotopic (exact) mass is 366 g/mol. The van der Waals surface area contributed by atoms with E-state index in [-0.39, 0.29) is 25.4 Å². The van der Waals surface area contributed by atoms with Crippen molar-refractivity contribution in [2.45, 2.75) is 51.7 Å². The number of hydrogen-bond donors (Lipinski definition) is 2. The summed E-state index contributed by atoms with van der Waals surface area (Å²) in [7, 11) is 0. The first kappa shape index (κ1) is 24.7. The van der Waals surface area contributed by atoms with Gasteiger partial charge in [-0.2, -0.15) is 0 Å². The number of hydrogen-bond acceptors (Lipinski definition) is 7. The highest BCUT2D eigenvalue weighted by Gasteiger charge is 2.14. The Kier molecular flexibility index (Phi) is 19.8. The lowest BCUT2D eigenvalue weighted by Crippen LogP contribution is -2.31. The molecule has 0 aromatic heterocycles. The van der Waals surface area contributed by atoms with E-state index in [1.165, 1.54) is 0 Å². The van der Waals surface area contributed by atoms with Gasteiger partial charge >= 0.3 is 0 Å². The van der Waals surface area contributed by atoms with E-state index in [0.29, 0.717) is 65.7 Å². The quantitative estimate of drug-likeness (QED) is 0.315. The lowest BCUT2D eigenvalue weighted by Gasteiger charge is -2.21. The third kappa shape index (κ3) is 16.9. The molecular formula is C18H38O7.